The molecule has 0 radical (unpaired) electrons. The molecule has 126 valence electrons. The van der Waals surface area contributed by atoms with Gasteiger partial charge in [0, 0.05) is 19.2 Å². The van der Waals surface area contributed by atoms with Crippen molar-refractivity contribution in [2.24, 2.45) is 5.92 Å². The van der Waals surface area contributed by atoms with Gasteiger partial charge in [0.25, 0.3) is 5.91 Å². The van der Waals surface area contributed by atoms with Crippen molar-refractivity contribution in [3.63, 3.8) is 0 Å². The number of nitrogens with zero attached hydrogens (tertiary/aromatic N) is 2. The molecular formula is C15H12F3N3O3. The maximum Gasteiger partial charge on any atom is 0.276 e. The van der Waals surface area contributed by atoms with E-state index in [4.69, 9.17) is 4.52 Å². The first-order chi connectivity index (χ1) is 11.4. The number of aryl methyl sites for hydroxylation is 1. The summed E-state index contributed by atoms with van der Waals surface area (Å²) in [6.07, 6.45) is 0. The first-order valence-corrected chi connectivity index (χ1v) is 7.03. The summed E-state index contributed by atoms with van der Waals surface area (Å²) in [5.41, 5.74) is -0.311. The van der Waals surface area contributed by atoms with Crippen LogP contribution in [0.2, 0.25) is 0 Å². The second-order valence-corrected chi connectivity index (χ2v) is 5.44. The zero-order valence-electron chi connectivity index (χ0n) is 12.5. The van der Waals surface area contributed by atoms with Crippen LogP contribution < -0.4 is 5.32 Å². The quantitative estimate of drug-likeness (QED) is 0.869. The highest BCUT2D eigenvalue weighted by Gasteiger charge is 2.37. The lowest BCUT2D eigenvalue weighted by atomic mass is 9.98. The van der Waals surface area contributed by atoms with Crippen LogP contribution in [0.25, 0.3) is 0 Å². The van der Waals surface area contributed by atoms with Crippen molar-refractivity contribution in [2.75, 3.05) is 18.4 Å². The van der Waals surface area contributed by atoms with Gasteiger partial charge >= 0.3 is 0 Å². The second kappa shape index (κ2) is 5.99. The molecule has 2 heterocycles. The molecule has 2 amide bonds. The molecule has 1 N–H and O–H groups in total. The summed E-state index contributed by atoms with van der Waals surface area (Å²) in [5, 5.41) is 5.78. The van der Waals surface area contributed by atoms with Crippen molar-refractivity contribution in [2.45, 2.75) is 6.92 Å². The summed E-state index contributed by atoms with van der Waals surface area (Å²) in [5.74, 6) is -5.51. The Bertz CT molecular complexity index is 816. The number of benzene rings is 1. The summed E-state index contributed by atoms with van der Waals surface area (Å²) in [4.78, 5) is 25.4. The van der Waals surface area contributed by atoms with E-state index in [1.54, 1.807) is 6.92 Å². The van der Waals surface area contributed by atoms with Gasteiger partial charge in [-0.05, 0) is 19.1 Å². The minimum Gasteiger partial charge on any atom is -0.361 e. The van der Waals surface area contributed by atoms with Gasteiger partial charge in [-0.1, -0.05) is 5.16 Å². The van der Waals surface area contributed by atoms with Crippen LogP contribution in [0, 0.1) is 30.3 Å². The molecule has 24 heavy (non-hydrogen) atoms. The Morgan fingerprint density at radius 1 is 1.25 bits per heavy atom. The van der Waals surface area contributed by atoms with Crippen LogP contribution in [0.3, 0.4) is 0 Å². The minimum absolute atomic E-state index is 0.113. The average molecular weight is 339 g/mol. The Labute approximate surface area is 134 Å². The third-order valence-corrected chi connectivity index (χ3v) is 3.68. The molecule has 0 bridgehead atoms. The summed E-state index contributed by atoms with van der Waals surface area (Å²) >= 11 is 0. The van der Waals surface area contributed by atoms with Crippen LogP contribution in [0.15, 0.2) is 22.7 Å². The lowest BCUT2D eigenvalue weighted by Gasteiger charge is -2.37. The predicted molar refractivity (Wildman–Crippen MR) is 75.6 cm³/mol. The molecule has 0 saturated carbocycles. The number of aromatic nitrogens is 1. The number of amides is 2. The number of likely N-dealkylation sites (tertiary alicyclic amines) is 1. The number of carbonyl (C=O) groups is 2. The van der Waals surface area contributed by atoms with Gasteiger partial charge in [-0.25, -0.2) is 13.2 Å². The van der Waals surface area contributed by atoms with Crippen molar-refractivity contribution in [3.8, 4) is 0 Å². The third kappa shape index (κ3) is 2.84. The molecule has 3 rings (SSSR count). The van der Waals surface area contributed by atoms with Crippen LogP contribution in [-0.4, -0.2) is 35.0 Å². The number of nitrogens with one attached hydrogen (secondary N) is 1. The van der Waals surface area contributed by atoms with Crippen LogP contribution in [0.5, 0.6) is 0 Å². The molecule has 2 aromatic rings. The molecule has 0 unspecified atom stereocenters. The van der Waals surface area contributed by atoms with Crippen LogP contribution in [0.4, 0.5) is 18.9 Å². The first-order valence-electron chi connectivity index (χ1n) is 7.03. The highest BCUT2D eigenvalue weighted by molar-refractivity contribution is 5.97. The highest BCUT2D eigenvalue weighted by atomic mass is 19.2. The Balaban J connectivity index is 1.59. The van der Waals surface area contributed by atoms with Crippen molar-refractivity contribution in [3.05, 3.63) is 47.1 Å². The van der Waals surface area contributed by atoms with Crippen molar-refractivity contribution in [1.82, 2.24) is 10.1 Å². The van der Waals surface area contributed by atoms with Gasteiger partial charge in [0.1, 0.15) is 5.76 Å². The maximum atomic E-state index is 13.5. The van der Waals surface area contributed by atoms with Crippen molar-refractivity contribution in [1.29, 1.82) is 0 Å². The SMILES string of the molecule is Cc1cc(C(=O)N2CC(C(=O)Nc3ccc(F)c(F)c3F)C2)no1. The van der Waals surface area contributed by atoms with E-state index in [2.05, 4.69) is 10.5 Å². The van der Waals surface area contributed by atoms with E-state index >= 15 is 0 Å². The second-order valence-electron chi connectivity index (χ2n) is 5.44. The fraction of sp³-hybridized carbons (Fsp3) is 0.267. The highest BCUT2D eigenvalue weighted by Crippen LogP contribution is 2.23. The van der Waals surface area contributed by atoms with E-state index in [9.17, 15) is 22.8 Å². The summed E-state index contributed by atoms with van der Waals surface area (Å²) in [6, 6.07) is 3.13. The number of anilines is 1. The maximum absolute atomic E-state index is 13.5. The summed E-state index contributed by atoms with van der Waals surface area (Å²) < 4.78 is 44.3. The fourth-order valence-electron chi connectivity index (χ4n) is 2.30. The number of rotatable bonds is 3. The molecule has 1 fully saturated rings. The Morgan fingerprint density at radius 2 is 1.96 bits per heavy atom. The third-order valence-electron chi connectivity index (χ3n) is 3.68. The molecule has 1 aromatic heterocycles. The predicted octanol–water partition coefficient (Wildman–Crippen LogP) is 2.11. The number of carbonyl (C=O) groups excluding carboxylic acids is 2. The molecule has 0 aliphatic carbocycles. The van der Waals surface area contributed by atoms with Gasteiger partial charge in [0.15, 0.2) is 23.1 Å². The van der Waals surface area contributed by atoms with E-state index in [1.165, 1.54) is 11.0 Å². The van der Waals surface area contributed by atoms with Crippen molar-refractivity contribution < 1.29 is 27.3 Å². The van der Waals surface area contributed by atoms with Gasteiger partial charge in [0.05, 0.1) is 11.6 Å². The topological polar surface area (TPSA) is 75.4 Å². The molecule has 0 spiro atoms. The van der Waals surface area contributed by atoms with Crippen molar-refractivity contribution >= 4 is 17.5 Å². The van der Waals surface area contributed by atoms with Gasteiger partial charge in [-0.2, -0.15) is 0 Å². The fourth-order valence-corrected chi connectivity index (χ4v) is 2.30. The zero-order chi connectivity index (χ0) is 17.4. The van der Waals surface area contributed by atoms with Gasteiger partial charge in [0.2, 0.25) is 5.91 Å². The monoisotopic (exact) mass is 339 g/mol. The summed E-state index contributed by atoms with van der Waals surface area (Å²) in [7, 11) is 0. The molecule has 9 heteroatoms. The lowest BCUT2D eigenvalue weighted by molar-refractivity contribution is -0.123. The van der Waals surface area contributed by atoms with E-state index in [0.717, 1.165) is 12.1 Å². The van der Waals surface area contributed by atoms with E-state index in [1.807, 2.05) is 0 Å². The zero-order valence-corrected chi connectivity index (χ0v) is 12.5. The standard InChI is InChI=1S/C15H12F3N3O3/c1-7-4-11(20-24-7)15(23)21-5-8(6-21)14(22)19-10-3-2-9(16)12(17)13(10)18/h2-4,8H,5-6H2,1H3,(H,19,22). The van der Waals surface area contributed by atoms with Crippen LogP contribution in [-0.2, 0) is 4.79 Å². The van der Waals surface area contributed by atoms with Crippen LogP contribution in [0.1, 0.15) is 16.2 Å². The first kappa shape index (κ1) is 16.0. The Kier molecular flexibility index (Phi) is 4.00. The molecule has 0 atom stereocenters. The largest absolute Gasteiger partial charge is 0.361 e. The van der Waals surface area contributed by atoms with Gasteiger partial charge < -0.3 is 14.7 Å². The molecular weight excluding hydrogens is 327 g/mol. The van der Waals surface area contributed by atoms with Gasteiger partial charge in [-0.3, -0.25) is 9.59 Å². The Morgan fingerprint density at radius 3 is 2.58 bits per heavy atom. The van der Waals surface area contributed by atoms with E-state index < -0.39 is 35.0 Å². The molecule has 1 aromatic carbocycles. The number of hydrogen-bond acceptors (Lipinski definition) is 4. The molecule has 1 aliphatic rings. The van der Waals surface area contributed by atoms with Gasteiger partial charge in [-0.15, -0.1) is 0 Å². The molecule has 1 saturated heterocycles. The average Bonchev–Trinajstić information content (AvgIpc) is 2.93. The number of hydrogen-bond donors (Lipinski definition) is 1. The Hall–Kier alpha value is -2.84. The molecule has 6 nitrogen and oxygen atoms in total. The summed E-state index contributed by atoms with van der Waals surface area (Å²) in [6.45, 7) is 1.87. The van der Waals surface area contributed by atoms with E-state index in [-0.39, 0.29) is 24.7 Å². The molecule has 1 aliphatic heterocycles. The van der Waals surface area contributed by atoms with Crippen LogP contribution >= 0.6 is 0 Å². The number of halogens is 3. The lowest BCUT2D eigenvalue weighted by Crippen LogP contribution is -2.54. The minimum atomic E-state index is -1.65. The normalized spacial score (nSPS) is 14.4. The smallest absolute Gasteiger partial charge is 0.276 e. The van der Waals surface area contributed by atoms with E-state index in [0.29, 0.717) is 5.76 Å².